The van der Waals surface area contributed by atoms with Crippen LogP contribution in [0.15, 0.2) is 48.5 Å². The maximum absolute atomic E-state index is 10.8. The Bertz CT molecular complexity index is 564. The van der Waals surface area contributed by atoms with E-state index in [-0.39, 0.29) is 18.3 Å². The van der Waals surface area contributed by atoms with Crippen molar-refractivity contribution in [3.63, 3.8) is 0 Å². The fourth-order valence-corrected chi connectivity index (χ4v) is 1.60. The van der Waals surface area contributed by atoms with Crippen LogP contribution in [-0.4, -0.2) is 11.1 Å². The van der Waals surface area contributed by atoms with Crippen LogP contribution in [0.2, 0.25) is 0 Å². The van der Waals surface area contributed by atoms with Gasteiger partial charge in [-0.05, 0) is 29.8 Å². The summed E-state index contributed by atoms with van der Waals surface area (Å²) >= 11 is 0. The minimum absolute atomic E-state index is 0.0654. The van der Waals surface area contributed by atoms with Crippen molar-refractivity contribution in [2.24, 2.45) is 0 Å². The molecule has 0 unspecified atom stereocenters. The maximum atomic E-state index is 10.8. The van der Waals surface area contributed by atoms with E-state index in [1.165, 1.54) is 19.1 Å². The normalized spacial score (nSPS) is 9.95. The third kappa shape index (κ3) is 4.03. The third-order valence-electron chi connectivity index (χ3n) is 2.37. The van der Waals surface area contributed by atoms with Crippen LogP contribution < -0.4 is 4.74 Å². The van der Waals surface area contributed by atoms with Crippen molar-refractivity contribution >= 4 is 5.97 Å². The summed E-state index contributed by atoms with van der Waals surface area (Å²) in [5.41, 5.74) is 0.668. The topological polar surface area (TPSA) is 55.8 Å². The zero-order chi connectivity index (χ0) is 13.7. The van der Waals surface area contributed by atoms with Gasteiger partial charge in [0, 0.05) is 13.0 Å². The van der Waals surface area contributed by atoms with Crippen molar-refractivity contribution in [2.45, 2.75) is 13.5 Å². The standard InChI is InChI=1S/C15H14O4/c1-11(16)18-10-12-7-13(17)9-15(8-12)19-14-5-3-2-4-6-14/h2-9,17H,10H2,1H3. The summed E-state index contributed by atoms with van der Waals surface area (Å²) in [6.07, 6.45) is 0. The second-order valence-electron chi connectivity index (χ2n) is 4.03. The molecule has 0 aliphatic carbocycles. The van der Waals surface area contributed by atoms with Gasteiger partial charge in [-0.25, -0.2) is 0 Å². The zero-order valence-electron chi connectivity index (χ0n) is 10.5. The van der Waals surface area contributed by atoms with E-state index >= 15 is 0 Å². The van der Waals surface area contributed by atoms with Crippen LogP contribution in [0.4, 0.5) is 0 Å². The Morgan fingerprint density at radius 1 is 1.11 bits per heavy atom. The van der Waals surface area contributed by atoms with Gasteiger partial charge in [0.1, 0.15) is 23.9 Å². The van der Waals surface area contributed by atoms with Crippen LogP contribution in [0.5, 0.6) is 17.2 Å². The van der Waals surface area contributed by atoms with Gasteiger partial charge in [0.05, 0.1) is 0 Å². The van der Waals surface area contributed by atoms with E-state index in [2.05, 4.69) is 0 Å². The van der Waals surface area contributed by atoms with E-state index < -0.39 is 0 Å². The van der Waals surface area contributed by atoms with Crippen molar-refractivity contribution in [1.82, 2.24) is 0 Å². The summed E-state index contributed by atoms with van der Waals surface area (Å²) in [5.74, 6) is 0.865. The number of phenols is 1. The van der Waals surface area contributed by atoms with Crippen LogP contribution in [0.25, 0.3) is 0 Å². The van der Waals surface area contributed by atoms with Gasteiger partial charge in [0.2, 0.25) is 0 Å². The fraction of sp³-hybridized carbons (Fsp3) is 0.133. The zero-order valence-corrected chi connectivity index (χ0v) is 10.5. The molecule has 2 rings (SSSR count). The Morgan fingerprint density at radius 3 is 2.53 bits per heavy atom. The quantitative estimate of drug-likeness (QED) is 0.855. The molecule has 0 spiro atoms. The van der Waals surface area contributed by atoms with E-state index in [1.807, 2.05) is 30.3 Å². The second kappa shape index (κ2) is 5.91. The first-order chi connectivity index (χ1) is 9.13. The Kier molecular flexibility index (Phi) is 4.03. The number of benzene rings is 2. The monoisotopic (exact) mass is 258 g/mol. The number of carbonyl (C=O) groups excluding carboxylic acids is 1. The number of phenolic OH excluding ortho intramolecular Hbond substituents is 1. The summed E-state index contributed by atoms with van der Waals surface area (Å²) < 4.78 is 10.5. The van der Waals surface area contributed by atoms with Crippen molar-refractivity contribution in [3.8, 4) is 17.2 Å². The van der Waals surface area contributed by atoms with Crippen molar-refractivity contribution in [2.75, 3.05) is 0 Å². The first kappa shape index (κ1) is 13.0. The molecule has 0 aliphatic rings. The molecule has 0 aliphatic heterocycles. The molecule has 0 radical (unpaired) electrons. The third-order valence-corrected chi connectivity index (χ3v) is 2.37. The molecule has 0 saturated heterocycles. The number of aromatic hydroxyl groups is 1. The van der Waals surface area contributed by atoms with Gasteiger partial charge in [-0.1, -0.05) is 18.2 Å². The number of ether oxygens (including phenoxy) is 2. The number of rotatable bonds is 4. The molecule has 0 saturated carbocycles. The Morgan fingerprint density at radius 2 is 1.84 bits per heavy atom. The molecule has 0 amide bonds. The van der Waals surface area contributed by atoms with Gasteiger partial charge in [-0.15, -0.1) is 0 Å². The summed E-state index contributed by atoms with van der Waals surface area (Å²) in [6, 6.07) is 14.0. The summed E-state index contributed by atoms with van der Waals surface area (Å²) in [5, 5.41) is 9.62. The number of hydrogen-bond acceptors (Lipinski definition) is 4. The minimum atomic E-state index is -0.367. The molecule has 4 heteroatoms. The molecule has 98 valence electrons. The molecule has 2 aromatic carbocycles. The van der Waals surface area contributed by atoms with E-state index in [9.17, 15) is 9.90 Å². The first-order valence-electron chi connectivity index (χ1n) is 5.83. The van der Waals surface area contributed by atoms with Gasteiger partial charge in [0.15, 0.2) is 0 Å². The maximum Gasteiger partial charge on any atom is 0.302 e. The molecule has 0 bridgehead atoms. The molecule has 0 aromatic heterocycles. The highest BCUT2D eigenvalue weighted by atomic mass is 16.5. The van der Waals surface area contributed by atoms with E-state index in [0.29, 0.717) is 17.1 Å². The van der Waals surface area contributed by atoms with Crippen LogP contribution in [0, 0.1) is 0 Å². The fourth-order valence-electron chi connectivity index (χ4n) is 1.60. The summed E-state index contributed by atoms with van der Waals surface area (Å²) in [4.78, 5) is 10.8. The lowest BCUT2D eigenvalue weighted by Crippen LogP contribution is -1.98. The Labute approximate surface area is 111 Å². The smallest absolute Gasteiger partial charge is 0.302 e. The second-order valence-corrected chi connectivity index (χ2v) is 4.03. The van der Waals surface area contributed by atoms with Crippen molar-refractivity contribution < 1.29 is 19.4 Å². The van der Waals surface area contributed by atoms with Gasteiger partial charge >= 0.3 is 5.97 Å². The van der Waals surface area contributed by atoms with Gasteiger partial charge < -0.3 is 14.6 Å². The van der Waals surface area contributed by atoms with E-state index in [1.54, 1.807) is 6.07 Å². The highest BCUT2D eigenvalue weighted by molar-refractivity contribution is 5.66. The average Bonchev–Trinajstić information content (AvgIpc) is 2.37. The molecular formula is C15H14O4. The molecular weight excluding hydrogens is 244 g/mol. The van der Waals surface area contributed by atoms with Crippen molar-refractivity contribution in [3.05, 3.63) is 54.1 Å². The lowest BCUT2D eigenvalue weighted by Gasteiger charge is -2.09. The van der Waals surface area contributed by atoms with Crippen LogP contribution in [0.1, 0.15) is 12.5 Å². The number of hydrogen-bond donors (Lipinski definition) is 1. The van der Waals surface area contributed by atoms with Gasteiger partial charge in [-0.3, -0.25) is 4.79 Å². The molecule has 19 heavy (non-hydrogen) atoms. The lowest BCUT2D eigenvalue weighted by atomic mass is 10.2. The number of carbonyl (C=O) groups is 1. The molecule has 1 N–H and O–H groups in total. The first-order valence-corrected chi connectivity index (χ1v) is 5.83. The largest absolute Gasteiger partial charge is 0.508 e. The van der Waals surface area contributed by atoms with Gasteiger partial charge in [-0.2, -0.15) is 0 Å². The molecule has 4 nitrogen and oxygen atoms in total. The Balaban J connectivity index is 2.14. The van der Waals surface area contributed by atoms with E-state index in [0.717, 1.165) is 0 Å². The predicted octanol–water partition coefficient (Wildman–Crippen LogP) is 3.25. The van der Waals surface area contributed by atoms with Crippen LogP contribution in [0.3, 0.4) is 0 Å². The number of esters is 1. The molecule has 0 fully saturated rings. The summed E-state index contributed by atoms with van der Waals surface area (Å²) in [7, 11) is 0. The highest BCUT2D eigenvalue weighted by Crippen LogP contribution is 2.26. The van der Waals surface area contributed by atoms with Gasteiger partial charge in [0.25, 0.3) is 0 Å². The van der Waals surface area contributed by atoms with Crippen molar-refractivity contribution in [1.29, 1.82) is 0 Å². The Hall–Kier alpha value is -2.49. The molecule has 2 aromatic rings. The number of para-hydroxylation sites is 1. The minimum Gasteiger partial charge on any atom is -0.508 e. The average molecular weight is 258 g/mol. The predicted molar refractivity (Wildman–Crippen MR) is 70.1 cm³/mol. The SMILES string of the molecule is CC(=O)OCc1cc(O)cc(Oc2ccccc2)c1. The van der Waals surface area contributed by atoms with Crippen LogP contribution in [-0.2, 0) is 16.1 Å². The highest BCUT2D eigenvalue weighted by Gasteiger charge is 2.04. The van der Waals surface area contributed by atoms with E-state index in [4.69, 9.17) is 9.47 Å². The van der Waals surface area contributed by atoms with Crippen LogP contribution >= 0.6 is 0 Å². The molecule has 0 atom stereocenters. The summed E-state index contributed by atoms with van der Waals surface area (Å²) in [6.45, 7) is 1.44. The molecule has 0 heterocycles. The lowest BCUT2D eigenvalue weighted by molar-refractivity contribution is -0.142.